The lowest BCUT2D eigenvalue weighted by atomic mass is 9.99. The molecule has 1 aliphatic carbocycles. The van der Waals surface area contributed by atoms with E-state index in [0.717, 1.165) is 53.0 Å². The number of ether oxygens (including phenoxy) is 7. The Labute approximate surface area is 388 Å². The molecule has 1 atom stereocenters. The van der Waals surface area contributed by atoms with Crippen molar-refractivity contribution in [2.45, 2.75) is 44.7 Å². The Balaban J connectivity index is 0.622. The maximum absolute atomic E-state index is 14.3. The van der Waals surface area contributed by atoms with Crippen molar-refractivity contribution in [1.82, 2.24) is 20.1 Å². The Kier molecular flexibility index (Phi) is 18.5. The third-order valence-corrected chi connectivity index (χ3v) is 11.7. The van der Waals surface area contributed by atoms with Crippen molar-refractivity contribution in [1.29, 1.82) is 0 Å². The number of fused-ring (bicyclic) bond motifs is 1. The summed E-state index contributed by atoms with van der Waals surface area (Å²) >= 11 is 0. The van der Waals surface area contributed by atoms with Gasteiger partial charge in [0, 0.05) is 60.3 Å². The molecule has 1 unspecified atom stereocenters. The number of hydrogen-bond acceptors (Lipinski definition) is 14. The molecule has 360 valence electrons. The van der Waals surface area contributed by atoms with Crippen molar-refractivity contribution >= 4 is 46.0 Å². The van der Waals surface area contributed by atoms with Gasteiger partial charge in [-0.1, -0.05) is 30.3 Å². The van der Waals surface area contributed by atoms with Gasteiger partial charge in [0.1, 0.15) is 11.9 Å². The first kappa shape index (κ1) is 49.5. The summed E-state index contributed by atoms with van der Waals surface area (Å²) in [5.41, 5.74) is 6.29. The molecule has 3 aliphatic rings. The number of nitrogens with one attached hydrogen (secondary N) is 3. The van der Waals surface area contributed by atoms with Crippen LogP contribution >= 0.6 is 0 Å². The van der Waals surface area contributed by atoms with Gasteiger partial charge in [-0.05, 0) is 67.3 Å². The Morgan fingerprint density at radius 3 is 1.94 bits per heavy atom. The second-order valence-corrected chi connectivity index (χ2v) is 16.5. The topological polar surface area (TPSA) is 196 Å². The first-order valence-electron chi connectivity index (χ1n) is 23.0. The summed E-state index contributed by atoms with van der Waals surface area (Å²) in [5, 5.41) is 6.20. The molecule has 18 heteroatoms. The number of aromatic amines is 1. The van der Waals surface area contributed by atoms with Crippen LogP contribution in [-0.4, -0.2) is 163 Å². The van der Waals surface area contributed by atoms with E-state index in [1.807, 2.05) is 0 Å². The number of amides is 4. The highest BCUT2D eigenvalue weighted by Gasteiger charge is 2.45. The number of ketones is 1. The molecule has 0 spiro atoms. The van der Waals surface area contributed by atoms with Gasteiger partial charge in [0.15, 0.2) is 5.78 Å². The summed E-state index contributed by atoms with van der Waals surface area (Å²) in [4.78, 5) is 69.2. The fourth-order valence-electron chi connectivity index (χ4n) is 8.37. The van der Waals surface area contributed by atoms with Crippen LogP contribution in [-0.2, 0) is 55.7 Å². The molecule has 2 aliphatic heterocycles. The van der Waals surface area contributed by atoms with Crippen LogP contribution in [0.4, 0.5) is 10.1 Å². The molecule has 67 heavy (non-hydrogen) atoms. The fourth-order valence-corrected chi connectivity index (χ4v) is 8.37. The first-order valence-corrected chi connectivity index (χ1v) is 23.0. The molecule has 3 aromatic carbocycles. The maximum Gasteiger partial charge on any atom is 0.264 e. The van der Waals surface area contributed by atoms with Crippen LogP contribution in [0.5, 0.6) is 0 Å². The van der Waals surface area contributed by atoms with Gasteiger partial charge < -0.3 is 43.5 Å². The lowest BCUT2D eigenvalue weighted by molar-refractivity contribution is -0.136. The number of imide groups is 2. The van der Waals surface area contributed by atoms with Gasteiger partial charge in [-0.3, -0.25) is 39.1 Å². The fraction of sp³-hybridized carbons (Fsp3) is 0.490. The number of aromatic nitrogens is 1. The minimum Gasteiger partial charge on any atom is -0.382 e. The highest BCUT2D eigenvalue weighted by atomic mass is 19.1. The lowest BCUT2D eigenvalue weighted by Gasteiger charge is -2.27. The average molecular weight is 930 g/mol. The third kappa shape index (κ3) is 13.4. The number of H-pyrrole nitrogens is 1. The minimum atomic E-state index is -1.02. The van der Waals surface area contributed by atoms with Gasteiger partial charge in [-0.2, -0.15) is 0 Å². The Morgan fingerprint density at radius 1 is 0.701 bits per heavy atom. The van der Waals surface area contributed by atoms with E-state index >= 15 is 0 Å². The van der Waals surface area contributed by atoms with Crippen LogP contribution in [0.15, 0.2) is 54.6 Å². The second kappa shape index (κ2) is 25.1. The molecule has 0 bridgehead atoms. The monoisotopic (exact) mass is 929 g/mol. The van der Waals surface area contributed by atoms with E-state index in [-0.39, 0.29) is 29.8 Å². The number of nitrogens with zero attached hydrogens (tertiary/aromatic N) is 2. The minimum absolute atomic E-state index is 0.00165. The van der Waals surface area contributed by atoms with E-state index in [0.29, 0.717) is 122 Å². The van der Waals surface area contributed by atoms with Gasteiger partial charge in [0.25, 0.3) is 11.8 Å². The maximum atomic E-state index is 14.3. The summed E-state index contributed by atoms with van der Waals surface area (Å²) in [6.07, 6.45) is 2.12. The number of benzene rings is 3. The summed E-state index contributed by atoms with van der Waals surface area (Å²) in [5.74, 6) is -2.58. The SMILES string of the molecule is CN(CCOCCOCCOCCOCCOCCOCCOCCNc1cccc2c1C(=O)N(C1CCC(=O)NC1=O)C2=O)Cc1ccc(-c2[nH]c3cc(F)cc4c3c2CCCC4=O)cc1. The van der Waals surface area contributed by atoms with E-state index in [1.54, 1.807) is 18.2 Å². The Bertz CT molecular complexity index is 2340. The molecule has 3 N–H and O–H groups in total. The van der Waals surface area contributed by atoms with E-state index in [1.165, 1.54) is 17.7 Å². The molecule has 7 rings (SSSR count). The van der Waals surface area contributed by atoms with Crippen LogP contribution in [0.3, 0.4) is 0 Å². The van der Waals surface area contributed by atoms with Gasteiger partial charge in [-0.25, -0.2) is 4.39 Å². The molecule has 4 amide bonds. The van der Waals surface area contributed by atoms with E-state index in [2.05, 4.69) is 51.8 Å². The first-order chi connectivity index (χ1) is 32.7. The van der Waals surface area contributed by atoms with Crippen molar-refractivity contribution < 1.29 is 61.5 Å². The van der Waals surface area contributed by atoms with E-state index < -0.39 is 35.5 Å². The van der Waals surface area contributed by atoms with Gasteiger partial charge in [-0.15, -0.1) is 0 Å². The van der Waals surface area contributed by atoms with Crippen molar-refractivity contribution in [2.75, 3.05) is 118 Å². The zero-order valence-electron chi connectivity index (χ0n) is 38.0. The van der Waals surface area contributed by atoms with Crippen molar-refractivity contribution in [3.8, 4) is 11.3 Å². The van der Waals surface area contributed by atoms with Gasteiger partial charge >= 0.3 is 0 Å². The number of rotatable bonds is 29. The van der Waals surface area contributed by atoms with Crippen molar-refractivity contribution in [3.63, 3.8) is 0 Å². The smallest absolute Gasteiger partial charge is 0.264 e. The molecule has 3 heterocycles. The normalized spacial score (nSPS) is 16.1. The van der Waals surface area contributed by atoms with Crippen molar-refractivity contribution in [2.24, 2.45) is 0 Å². The zero-order chi connectivity index (χ0) is 47.0. The Morgan fingerprint density at radius 2 is 1.31 bits per heavy atom. The van der Waals surface area contributed by atoms with E-state index in [9.17, 15) is 28.4 Å². The predicted octanol–water partition coefficient (Wildman–Crippen LogP) is 4.55. The number of halogens is 1. The molecule has 1 fully saturated rings. The third-order valence-electron chi connectivity index (χ3n) is 11.7. The lowest BCUT2D eigenvalue weighted by Crippen LogP contribution is -2.54. The predicted molar refractivity (Wildman–Crippen MR) is 245 cm³/mol. The summed E-state index contributed by atoms with van der Waals surface area (Å²) in [6, 6.07) is 15.1. The van der Waals surface area contributed by atoms with Crippen LogP contribution in [0.1, 0.15) is 67.9 Å². The van der Waals surface area contributed by atoms with E-state index in [4.69, 9.17) is 33.2 Å². The molecule has 17 nitrogen and oxygen atoms in total. The standard InChI is InChI=1S/C49H60FN5O12/c1-54(32-33-8-10-34(11-9-33)46-36-4-3-7-42(56)38-30-35(50)31-40(52-46)44(36)38)15-17-62-19-21-64-23-25-66-27-29-67-28-26-65-24-22-63-20-18-61-16-14-51-39-6-2-5-37-45(39)49(60)55(48(37)59)41-12-13-43(57)53-47(41)58/h2,5-6,8-11,30-31,41,51-52H,3-4,7,12-29,32H2,1H3,(H,53,57,58). The average Bonchev–Trinajstić information content (AvgIpc) is 3.74. The zero-order valence-corrected chi connectivity index (χ0v) is 38.0. The number of hydrogen-bond donors (Lipinski definition) is 3. The van der Waals surface area contributed by atoms with Crippen LogP contribution in [0.25, 0.3) is 22.2 Å². The largest absolute Gasteiger partial charge is 0.382 e. The number of Topliss-reactive ketones (excluding diaryl/α,β-unsaturated/α-hetero) is 1. The molecule has 0 saturated carbocycles. The summed E-state index contributed by atoms with van der Waals surface area (Å²) < 4.78 is 53.5. The number of piperidine rings is 1. The highest BCUT2D eigenvalue weighted by molar-refractivity contribution is 6.25. The molecule has 1 aromatic heterocycles. The number of carbonyl (C=O) groups is 5. The quantitative estimate of drug-likeness (QED) is 0.0507. The number of aryl methyl sites for hydroxylation is 1. The Hall–Kier alpha value is -5.44. The molecule has 4 aromatic rings. The van der Waals surface area contributed by atoms with Crippen LogP contribution in [0.2, 0.25) is 0 Å². The number of carbonyl (C=O) groups excluding carboxylic acids is 5. The molecule has 0 radical (unpaired) electrons. The summed E-state index contributed by atoms with van der Waals surface area (Å²) in [6.45, 7) is 8.10. The molecule has 1 saturated heterocycles. The van der Waals surface area contributed by atoms with Crippen LogP contribution in [0, 0.1) is 5.82 Å². The number of anilines is 1. The van der Waals surface area contributed by atoms with Gasteiger partial charge in [0.2, 0.25) is 11.8 Å². The number of likely N-dealkylation sites (N-methyl/N-ethyl adjacent to an activating group) is 1. The van der Waals surface area contributed by atoms with Crippen LogP contribution < -0.4 is 10.6 Å². The van der Waals surface area contributed by atoms with Gasteiger partial charge in [0.05, 0.1) is 104 Å². The second-order valence-electron chi connectivity index (χ2n) is 16.5. The summed E-state index contributed by atoms with van der Waals surface area (Å²) in [7, 11) is 2.06. The van der Waals surface area contributed by atoms with Crippen molar-refractivity contribution in [3.05, 3.63) is 88.2 Å². The molecular weight excluding hydrogens is 870 g/mol. The highest BCUT2D eigenvalue weighted by Crippen LogP contribution is 2.37. The molecular formula is C49H60FN5O12.